The van der Waals surface area contributed by atoms with Gasteiger partial charge in [-0.15, -0.1) is 0 Å². The van der Waals surface area contributed by atoms with Crippen LogP contribution in [0.5, 0.6) is 0 Å². The van der Waals surface area contributed by atoms with Gasteiger partial charge in [0.15, 0.2) is 0 Å². The van der Waals surface area contributed by atoms with Gasteiger partial charge in [0.2, 0.25) is 0 Å². The monoisotopic (exact) mass is 349 g/mol. The third-order valence-corrected chi connectivity index (χ3v) is 4.41. The predicted octanol–water partition coefficient (Wildman–Crippen LogP) is 1.49. The maximum atomic E-state index is 13.1. The number of piperidine rings is 1. The van der Waals surface area contributed by atoms with Crippen LogP contribution in [0.15, 0.2) is 40.1 Å². The fraction of sp³-hybridized carbons (Fsp3) is 0.353. The Kier molecular flexibility index (Phi) is 4.78. The summed E-state index contributed by atoms with van der Waals surface area (Å²) in [6.45, 7) is 0.309. The van der Waals surface area contributed by atoms with Crippen molar-refractivity contribution in [1.82, 2.24) is 14.5 Å². The lowest BCUT2D eigenvalue weighted by Gasteiger charge is -2.30. The van der Waals surface area contributed by atoms with Crippen LogP contribution >= 0.6 is 0 Å². The van der Waals surface area contributed by atoms with E-state index in [1.807, 2.05) is 0 Å². The molecular weight excluding hydrogens is 332 g/mol. The van der Waals surface area contributed by atoms with E-state index >= 15 is 0 Å². The van der Waals surface area contributed by atoms with Gasteiger partial charge in [-0.1, -0.05) is 0 Å². The number of H-pyrrole nitrogens is 1. The Labute approximate surface area is 141 Å². The molecule has 0 saturated carbocycles. The molecule has 1 amide bonds. The molecule has 2 heterocycles. The summed E-state index contributed by atoms with van der Waals surface area (Å²) in [5.74, 6) is -1.07. The Balaban J connectivity index is 1.94. The smallest absolute Gasteiger partial charge is 0.333 e. The number of aromatic amines is 1. The number of hydrogen-bond donors (Lipinski definition) is 1. The third kappa shape index (κ3) is 3.38. The van der Waals surface area contributed by atoms with Crippen LogP contribution < -0.4 is 11.2 Å². The Bertz CT molecular complexity index is 881. The second kappa shape index (κ2) is 7.00. The molecule has 0 aliphatic carbocycles. The average molecular weight is 349 g/mol. The van der Waals surface area contributed by atoms with Gasteiger partial charge in [-0.25, -0.2) is 13.8 Å². The molecule has 1 aliphatic heterocycles. The molecule has 1 aliphatic rings. The summed E-state index contributed by atoms with van der Waals surface area (Å²) >= 11 is 0. The van der Waals surface area contributed by atoms with Crippen LogP contribution in [-0.4, -0.2) is 40.1 Å². The van der Waals surface area contributed by atoms with Crippen molar-refractivity contribution in [2.24, 2.45) is 5.92 Å². The number of nitrogens with one attached hydrogen (secondary N) is 1. The molecule has 1 aromatic carbocycles. The number of amides is 1. The van der Waals surface area contributed by atoms with Crippen molar-refractivity contribution in [2.45, 2.75) is 12.8 Å². The van der Waals surface area contributed by atoms with Crippen molar-refractivity contribution in [1.29, 1.82) is 0 Å². The molecule has 1 aromatic heterocycles. The van der Waals surface area contributed by atoms with Crippen molar-refractivity contribution in [2.75, 3.05) is 19.8 Å². The number of halogens is 2. The van der Waals surface area contributed by atoms with E-state index in [0.717, 1.165) is 22.9 Å². The number of likely N-dealkylation sites (tertiary alicyclic amines) is 1. The molecule has 0 atom stereocenters. The first-order valence-corrected chi connectivity index (χ1v) is 7.97. The summed E-state index contributed by atoms with van der Waals surface area (Å²) in [7, 11) is 0. The number of nitrogens with zero attached hydrogens (tertiary/aromatic N) is 2. The van der Waals surface area contributed by atoms with E-state index in [9.17, 15) is 23.2 Å². The highest BCUT2D eigenvalue weighted by Crippen LogP contribution is 2.18. The SMILES string of the molecule is O=C(c1c[nH]c(=O)n(-c2ccc(F)cc2)c1=O)N1CCC(CF)CC1. The van der Waals surface area contributed by atoms with E-state index in [1.54, 1.807) is 0 Å². The maximum Gasteiger partial charge on any atom is 0.333 e. The lowest BCUT2D eigenvalue weighted by Crippen LogP contribution is -2.44. The fourth-order valence-corrected chi connectivity index (χ4v) is 2.91. The molecular formula is C17H17F2N3O3. The second-order valence-corrected chi connectivity index (χ2v) is 6.01. The van der Waals surface area contributed by atoms with Crippen molar-refractivity contribution in [3.63, 3.8) is 0 Å². The average Bonchev–Trinajstić information content (AvgIpc) is 2.63. The van der Waals surface area contributed by atoms with E-state index in [2.05, 4.69) is 4.98 Å². The first-order valence-electron chi connectivity index (χ1n) is 7.97. The number of aromatic nitrogens is 2. The van der Waals surface area contributed by atoms with Gasteiger partial charge in [-0.2, -0.15) is 0 Å². The van der Waals surface area contributed by atoms with Crippen molar-refractivity contribution in [3.8, 4) is 5.69 Å². The number of alkyl halides is 1. The minimum atomic E-state index is -0.770. The molecule has 1 saturated heterocycles. The largest absolute Gasteiger partial charge is 0.338 e. The van der Waals surface area contributed by atoms with Crippen LogP contribution in [0.2, 0.25) is 0 Å². The summed E-state index contributed by atoms with van der Waals surface area (Å²) in [5, 5.41) is 0. The number of benzene rings is 1. The quantitative estimate of drug-likeness (QED) is 0.912. The lowest BCUT2D eigenvalue weighted by molar-refractivity contribution is 0.0675. The number of hydrogen-bond acceptors (Lipinski definition) is 3. The van der Waals surface area contributed by atoms with E-state index in [-0.39, 0.29) is 17.2 Å². The standard InChI is InChI=1S/C17H17F2N3O3/c18-9-11-5-7-21(8-6-11)15(23)14-10-20-17(25)22(16(14)24)13-3-1-12(19)2-4-13/h1-4,10-11H,5-9H2,(H,20,25). The lowest BCUT2D eigenvalue weighted by atomic mass is 9.98. The molecule has 0 radical (unpaired) electrons. The molecule has 132 valence electrons. The van der Waals surface area contributed by atoms with Gasteiger partial charge in [-0.05, 0) is 43.0 Å². The normalized spacial score (nSPS) is 15.4. The van der Waals surface area contributed by atoms with E-state index in [4.69, 9.17) is 0 Å². The molecule has 3 rings (SSSR count). The Morgan fingerprint density at radius 2 is 1.80 bits per heavy atom. The van der Waals surface area contributed by atoms with Gasteiger partial charge in [0, 0.05) is 19.3 Å². The zero-order chi connectivity index (χ0) is 18.0. The summed E-state index contributed by atoms with van der Waals surface area (Å²) in [6.07, 6.45) is 2.17. The van der Waals surface area contributed by atoms with Gasteiger partial charge in [0.25, 0.3) is 11.5 Å². The summed E-state index contributed by atoms with van der Waals surface area (Å²) < 4.78 is 26.5. The molecule has 0 unspecified atom stereocenters. The van der Waals surface area contributed by atoms with Crippen molar-refractivity contribution in [3.05, 3.63) is 62.7 Å². The van der Waals surface area contributed by atoms with E-state index in [0.29, 0.717) is 25.9 Å². The summed E-state index contributed by atoms with van der Waals surface area (Å²) in [6, 6.07) is 4.81. The fourth-order valence-electron chi connectivity index (χ4n) is 2.91. The van der Waals surface area contributed by atoms with Crippen molar-refractivity contribution < 1.29 is 13.6 Å². The van der Waals surface area contributed by atoms with Crippen LogP contribution in [0, 0.1) is 11.7 Å². The minimum absolute atomic E-state index is 0.0597. The minimum Gasteiger partial charge on any atom is -0.338 e. The number of rotatable bonds is 3. The van der Waals surface area contributed by atoms with Gasteiger partial charge >= 0.3 is 5.69 Å². The Morgan fingerprint density at radius 3 is 2.40 bits per heavy atom. The van der Waals surface area contributed by atoms with Gasteiger partial charge in [0.1, 0.15) is 11.4 Å². The predicted molar refractivity (Wildman–Crippen MR) is 87.2 cm³/mol. The van der Waals surface area contributed by atoms with Crippen LogP contribution in [0.25, 0.3) is 5.69 Å². The highest BCUT2D eigenvalue weighted by atomic mass is 19.1. The third-order valence-electron chi connectivity index (χ3n) is 4.41. The zero-order valence-corrected chi connectivity index (χ0v) is 13.4. The van der Waals surface area contributed by atoms with Crippen LogP contribution in [0.4, 0.5) is 8.78 Å². The van der Waals surface area contributed by atoms with Crippen LogP contribution in [-0.2, 0) is 0 Å². The first-order chi connectivity index (χ1) is 12.0. The van der Waals surface area contributed by atoms with Gasteiger partial charge in [-0.3, -0.25) is 14.0 Å². The number of carbonyl (C=O) groups is 1. The van der Waals surface area contributed by atoms with E-state index < -0.39 is 29.6 Å². The van der Waals surface area contributed by atoms with Crippen LogP contribution in [0.3, 0.4) is 0 Å². The zero-order valence-electron chi connectivity index (χ0n) is 13.4. The van der Waals surface area contributed by atoms with Crippen LogP contribution in [0.1, 0.15) is 23.2 Å². The molecule has 1 N–H and O–H groups in total. The summed E-state index contributed by atoms with van der Waals surface area (Å²) in [5.41, 5.74) is -1.50. The molecule has 0 spiro atoms. The Morgan fingerprint density at radius 1 is 1.16 bits per heavy atom. The highest BCUT2D eigenvalue weighted by Gasteiger charge is 2.26. The molecule has 6 nitrogen and oxygen atoms in total. The Hall–Kier alpha value is -2.77. The second-order valence-electron chi connectivity index (χ2n) is 6.01. The molecule has 0 bridgehead atoms. The maximum absolute atomic E-state index is 13.1. The first kappa shape index (κ1) is 17.1. The van der Waals surface area contributed by atoms with Crippen molar-refractivity contribution >= 4 is 5.91 Å². The summed E-state index contributed by atoms with van der Waals surface area (Å²) in [4.78, 5) is 41.1. The molecule has 25 heavy (non-hydrogen) atoms. The topological polar surface area (TPSA) is 75.2 Å². The molecule has 1 fully saturated rings. The molecule has 8 heteroatoms. The van der Waals surface area contributed by atoms with Gasteiger partial charge < -0.3 is 9.88 Å². The molecule has 2 aromatic rings. The highest BCUT2D eigenvalue weighted by molar-refractivity contribution is 5.93. The van der Waals surface area contributed by atoms with Gasteiger partial charge in [0.05, 0.1) is 12.4 Å². The number of carbonyl (C=O) groups excluding carboxylic acids is 1. The van der Waals surface area contributed by atoms with E-state index in [1.165, 1.54) is 17.0 Å².